The first kappa shape index (κ1) is 39.7. The molecule has 4 amide bonds. The van der Waals surface area contributed by atoms with Crippen LogP contribution in [0.1, 0.15) is 32.6 Å². The Labute approximate surface area is 320 Å². The number of ether oxygens (including phenoxy) is 2. The normalized spacial score (nSPS) is 13.8. The van der Waals surface area contributed by atoms with E-state index in [0.29, 0.717) is 35.0 Å². The Morgan fingerprint density at radius 1 is 0.685 bits per heavy atom. The highest BCUT2D eigenvalue weighted by atomic mass is 32.2. The number of benzene rings is 4. The average molecular weight is 773 g/mol. The summed E-state index contributed by atoms with van der Waals surface area (Å²) in [5.41, 5.74) is 14.2. The number of hydrogen-bond donors (Lipinski definition) is 7. The number of anilines is 4. The van der Waals surface area contributed by atoms with Crippen molar-refractivity contribution in [1.29, 1.82) is 0 Å². The molecule has 0 saturated heterocycles. The second kappa shape index (κ2) is 19.0. The van der Waals surface area contributed by atoms with E-state index in [1.54, 1.807) is 30.0 Å². The number of aliphatic carboxylic acids is 1. The van der Waals surface area contributed by atoms with Gasteiger partial charge in [-0.05, 0) is 97.8 Å². The summed E-state index contributed by atoms with van der Waals surface area (Å²) >= 11 is 3.08. The summed E-state index contributed by atoms with van der Waals surface area (Å²) < 4.78 is 10.8. The zero-order valence-electron chi connectivity index (χ0n) is 29.3. The Morgan fingerprint density at radius 2 is 1.09 bits per heavy atom. The van der Waals surface area contributed by atoms with Gasteiger partial charge in [-0.2, -0.15) is 0 Å². The molecule has 4 aromatic rings. The highest BCUT2D eigenvalue weighted by Gasteiger charge is 2.19. The van der Waals surface area contributed by atoms with E-state index in [9.17, 15) is 24.0 Å². The number of carboxylic acids is 1. The topological polar surface area (TPSA) is 224 Å². The van der Waals surface area contributed by atoms with E-state index in [1.165, 1.54) is 11.8 Å². The lowest BCUT2D eigenvalue weighted by atomic mass is 10.1. The Morgan fingerprint density at radius 3 is 1.50 bits per heavy atom. The van der Waals surface area contributed by atoms with Crippen LogP contribution < -0.4 is 42.2 Å². The molecule has 2 unspecified atom stereocenters. The molecule has 0 aliphatic carbocycles. The second-order valence-corrected chi connectivity index (χ2v) is 14.4. The lowest BCUT2D eigenvalue weighted by Crippen LogP contribution is -2.36. The lowest BCUT2D eigenvalue weighted by Gasteiger charge is -2.18. The van der Waals surface area contributed by atoms with Gasteiger partial charge in [-0.25, -0.2) is 0 Å². The zero-order chi connectivity index (χ0) is 38.6. The van der Waals surface area contributed by atoms with Crippen LogP contribution in [0.2, 0.25) is 0 Å². The van der Waals surface area contributed by atoms with Gasteiger partial charge in [0.2, 0.25) is 11.8 Å². The molecule has 2 aliphatic heterocycles. The van der Waals surface area contributed by atoms with Gasteiger partial charge in [0.1, 0.15) is 11.5 Å². The van der Waals surface area contributed by atoms with Crippen LogP contribution in [0.4, 0.5) is 22.7 Å². The molecule has 2 aliphatic rings. The maximum absolute atomic E-state index is 12.0. The molecule has 14 nitrogen and oxygen atoms in total. The van der Waals surface area contributed by atoms with Crippen LogP contribution >= 0.6 is 23.5 Å². The van der Waals surface area contributed by atoms with Crippen LogP contribution in [0.25, 0.3) is 0 Å². The third-order valence-corrected chi connectivity index (χ3v) is 9.82. The number of hydrogen-bond acceptors (Lipinski definition) is 11. The fraction of sp³-hybridized carbons (Fsp3) is 0.237. The van der Waals surface area contributed by atoms with E-state index in [-0.39, 0.29) is 43.8 Å². The maximum Gasteiger partial charge on any atom is 0.303 e. The molecule has 2 atom stereocenters. The molecule has 4 aromatic carbocycles. The second-order valence-electron chi connectivity index (χ2n) is 12.2. The Kier molecular flexibility index (Phi) is 13.9. The van der Waals surface area contributed by atoms with Gasteiger partial charge < -0.3 is 47.3 Å². The first-order valence-corrected chi connectivity index (χ1v) is 18.6. The molecule has 16 heteroatoms. The first-order valence-electron chi connectivity index (χ1n) is 17.0. The Bertz CT molecular complexity index is 2000. The van der Waals surface area contributed by atoms with Gasteiger partial charge in [-0.15, -0.1) is 0 Å². The van der Waals surface area contributed by atoms with E-state index in [1.807, 2.05) is 73.7 Å². The van der Waals surface area contributed by atoms with Crippen molar-refractivity contribution in [1.82, 2.24) is 0 Å². The third kappa shape index (κ3) is 11.7. The molecule has 0 bridgehead atoms. The average Bonchev–Trinajstić information content (AvgIpc) is 3.16. The smallest absolute Gasteiger partial charge is 0.303 e. The molecule has 282 valence electrons. The number of nitrogens with one attached hydrogen (secondary N) is 4. The van der Waals surface area contributed by atoms with Gasteiger partial charge in [0.05, 0.1) is 23.5 Å². The zero-order valence-corrected chi connectivity index (χ0v) is 30.9. The minimum atomic E-state index is -0.986. The summed E-state index contributed by atoms with van der Waals surface area (Å²) in [7, 11) is 0. The molecule has 9 N–H and O–H groups in total. The number of rotatable bonds is 13. The lowest BCUT2D eigenvalue weighted by molar-refractivity contribution is -0.137. The van der Waals surface area contributed by atoms with Crippen molar-refractivity contribution >= 4 is 75.9 Å². The number of fused-ring (bicyclic) bond motifs is 2. The Balaban J connectivity index is 0.000000208. The number of amides is 4. The van der Waals surface area contributed by atoms with Gasteiger partial charge >= 0.3 is 5.97 Å². The standard InChI is InChI=1S/C19H19N3O5S.C19H21N3O3S/c20-14(6-8-18(24)25)19(26)21-11-1-3-12(4-2-11)28-13-5-7-15-16(9-13)27-10-17(23)22-15;1-2-3-15(20)19(24)21-12-4-6-13(7-5-12)26-14-8-9-16-17(10-14)25-11-18(23)22-16/h1-5,7,9,14H,6,8,10,20H2,(H,21,26)(H,22,23)(H,24,25);4-10,15H,2-3,11,20H2,1H3,(H,21,24)(H,22,23). The van der Waals surface area contributed by atoms with Gasteiger partial charge in [0, 0.05) is 37.4 Å². The van der Waals surface area contributed by atoms with E-state index < -0.39 is 24.0 Å². The number of nitrogens with two attached hydrogens (primary N) is 2. The van der Waals surface area contributed by atoms with Crippen LogP contribution in [-0.2, 0) is 24.0 Å². The van der Waals surface area contributed by atoms with Crippen molar-refractivity contribution in [2.24, 2.45) is 11.5 Å². The summed E-state index contributed by atoms with van der Waals surface area (Å²) in [5, 5.41) is 19.7. The molecular weight excluding hydrogens is 733 g/mol. The molecule has 0 saturated carbocycles. The quantitative estimate of drug-likeness (QED) is 0.0891. The molecule has 2 heterocycles. The maximum atomic E-state index is 12.0. The van der Waals surface area contributed by atoms with Crippen molar-refractivity contribution in [3.8, 4) is 11.5 Å². The van der Waals surface area contributed by atoms with Crippen LogP contribution in [0.3, 0.4) is 0 Å². The van der Waals surface area contributed by atoms with Crippen molar-refractivity contribution in [2.45, 2.75) is 64.3 Å². The molecular formula is C38H40N6O8S2. The Hall–Kier alpha value is -5.55. The van der Waals surface area contributed by atoms with Crippen molar-refractivity contribution in [3.05, 3.63) is 84.9 Å². The van der Waals surface area contributed by atoms with Crippen LogP contribution in [0.5, 0.6) is 11.5 Å². The van der Waals surface area contributed by atoms with Gasteiger partial charge in [-0.3, -0.25) is 24.0 Å². The fourth-order valence-electron chi connectivity index (χ4n) is 5.04. The summed E-state index contributed by atoms with van der Waals surface area (Å²) in [6.45, 7) is 2.04. The van der Waals surface area contributed by atoms with E-state index >= 15 is 0 Å². The van der Waals surface area contributed by atoms with E-state index in [2.05, 4.69) is 21.3 Å². The summed E-state index contributed by atoms with van der Waals surface area (Å²) in [5.74, 6) is -0.592. The number of carbonyl (C=O) groups excluding carboxylic acids is 4. The van der Waals surface area contributed by atoms with E-state index in [0.717, 1.165) is 31.7 Å². The van der Waals surface area contributed by atoms with Crippen LogP contribution in [0.15, 0.2) is 105 Å². The molecule has 6 rings (SSSR count). The van der Waals surface area contributed by atoms with Crippen LogP contribution in [0, 0.1) is 0 Å². The van der Waals surface area contributed by atoms with Gasteiger partial charge in [0.25, 0.3) is 11.8 Å². The minimum Gasteiger partial charge on any atom is -0.482 e. The van der Waals surface area contributed by atoms with Gasteiger partial charge in [-0.1, -0.05) is 36.9 Å². The van der Waals surface area contributed by atoms with Crippen molar-refractivity contribution in [3.63, 3.8) is 0 Å². The van der Waals surface area contributed by atoms with Crippen LogP contribution in [-0.4, -0.2) is 60.0 Å². The summed E-state index contributed by atoms with van der Waals surface area (Å²) in [6.07, 6.45) is 1.47. The summed E-state index contributed by atoms with van der Waals surface area (Å²) in [4.78, 5) is 61.0. The SMILES string of the molecule is CCCC(N)C(=O)Nc1ccc(Sc2ccc3c(c2)OCC(=O)N3)cc1.NC(CCC(=O)O)C(=O)Nc1ccc(Sc2ccc3c(c2)OCC(=O)N3)cc1. The highest BCUT2D eigenvalue weighted by molar-refractivity contribution is 7.99. The van der Waals surface area contributed by atoms with E-state index in [4.69, 9.17) is 26.0 Å². The molecule has 0 fully saturated rings. The van der Waals surface area contributed by atoms with Gasteiger partial charge in [0.15, 0.2) is 13.2 Å². The van der Waals surface area contributed by atoms with Crippen molar-refractivity contribution < 1.29 is 38.6 Å². The summed E-state index contributed by atoms with van der Waals surface area (Å²) in [6, 6.07) is 24.6. The number of carboxylic acid groups (broad SMARTS) is 1. The fourth-order valence-corrected chi connectivity index (χ4v) is 6.74. The predicted molar refractivity (Wildman–Crippen MR) is 207 cm³/mol. The third-order valence-electron chi connectivity index (χ3n) is 7.83. The monoisotopic (exact) mass is 772 g/mol. The number of carbonyl (C=O) groups is 5. The molecule has 54 heavy (non-hydrogen) atoms. The molecule has 0 radical (unpaired) electrons. The highest BCUT2D eigenvalue weighted by Crippen LogP contribution is 2.37. The van der Waals surface area contributed by atoms with Crippen molar-refractivity contribution in [2.75, 3.05) is 34.5 Å². The first-order chi connectivity index (χ1) is 25.9. The predicted octanol–water partition coefficient (Wildman–Crippen LogP) is 5.53. The minimum absolute atomic E-state index is 0.00408. The largest absolute Gasteiger partial charge is 0.482 e. The molecule has 0 aromatic heterocycles. The molecule has 0 spiro atoms.